The molecule has 1 aromatic rings. The lowest BCUT2D eigenvalue weighted by atomic mass is 9.85. The molecule has 0 radical (unpaired) electrons. The number of primary amides is 1. The Labute approximate surface area is 211 Å². The van der Waals surface area contributed by atoms with Gasteiger partial charge in [0.25, 0.3) is 0 Å². The van der Waals surface area contributed by atoms with E-state index in [1.165, 1.54) is 31.9 Å². The Morgan fingerprint density at radius 3 is 2.27 bits per heavy atom. The van der Waals surface area contributed by atoms with Crippen LogP contribution in [0.1, 0.15) is 51.8 Å². The van der Waals surface area contributed by atoms with E-state index in [1.807, 2.05) is 13.8 Å². The molecule has 0 aromatic carbocycles. The summed E-state index contributed by atoms with van der Waals surface area (Å²) in [5.74, 6) is -5.20. The summed E-state index contributed by atoms with van der Waals surface area (Å²) < 4.78 is 39.0. The highest BCUT2D eigenvalue weighted by Crippen LogP contribution is 2.65. The smallest absolute Gasteiger partial charge is 0.368 e. The Hall–Kier alpha value is -3.38. The van der Waals surface area contributed by atoms with Crippen LogP contribution in [0.4, 0.5) is 13.2 Å². The fraction of sp³-hybridized carbons (Fsp3) is 0.625. The van der Waals surface area contributed by atoms with Gasteiger partial charge in [0.2, 0.25) is 23.3 Å². The quantitative estimate of drug-likeness (QED) is 0.433. The summed E-state index contributed by atoms with van der Waals surface area (Å²) in [5, 5.41) is 4.32. The van der Waals surface area contributed by atoms with Gasteiger partial charge in [-0.3, -0.25) is 24.0 Å². The lowest BCUT2D eigenvalue weighted by Gasteiger charge is -2.38. The monoisotopic (exact) mass is 527 g/mol. The Kier molecular flexibility index (Phi) is 6.99. The number of rotatable bonds is 6. The normalized spacial score (nSPS) is 24.0. The topological polar surface area (TPSA) is 154 Å². The van der Waals surface area contributed by atoms with E-state index in [0.29, 0.717) is 5.56 Å². The average Bonchev–Trinajstić information content (AvgIpc) is 3.08. The fourth-order valence-corrected chi connectivity index (χ4v) is 5.24. The highest BCUT2D eigenvalue weighted by Gasteiger charge is 2.70. The number of alkyl halides is 3. The SMILES string of the molecule is Cc1c[nH]c(=O)cc1C(NC(=O)[C@@H]1[C@@H]2[C@H](CN1C(=O)[C@@H](NC(=O)C(F)(F)F)C(C)(C)C)C2(C)C)C(N)=O. The van der Waals surface area contributed by atoms with E-state index >= 15 is 0 Å². The molecule has 4 amide bonds. The number of H-pyrrole nitrogens is 1. The average molecular weight is 528 g/mol. The van der Waals surface area contributed by atoms with Crippen LogP contribution in [0.2, 0.25) is 0 Å². The summed E-state index contributed by atoms with van der Waals surface area (Å²) in [6.07, 6.45) is -3.84. The van der Waals surface area contributed by atoms with Crippen molar-refractivity contribution in [3.63, 3.8) is 0 Å². The molecule has 1 aromatic heterocycles. The second-order valence-electron chi connectivity index (χ2n) is 11.4. The first-order valence-electron chi connectivity index (χ1n) is 11.8. The highest BCUT2D eigenvalue weighted by atomic mass is 19.4. The largest absolute Gasteiger partial charge is 0.471 e. The van der Waals surface area contributed by atoms with Crippen LogP contribution >= 0.6 is 0 Å². The number of likely N-dealkylation sites (tertiary alicyclic amines) is 1. The molecule has 204 valence electrons. The third-order valence-corrected chi connectivity index (χ3v) is 7.46. The minimum atomic E-state index is -5.20. The van der Waals surface area contributed by atoms with E-state index in [1.54, 1.807) is 12.2 Å². The number of nitrogens with zero attached hydrogens (tertiary/aromatic N) is 1. The lowest BCUT2D eigenvalue weighted by molar-refractivity contribution is -0.176. The summed E-state index contributed by atoms with van der Waals surface area (Å²) in [6.45, 7) is 10.0. The molecule has 1 aliphatic carbocycles. The van der Waals surface area contributed by atoms with Gasteiger partial charge < -0.3 is 26.3 Å². The maximum atomic E-state index is 13.6. The van der Waals surface area contributed by atoms with Crippen molar-refractivity contribution >= 4 is 23.6 Å². The molecule has 5 atom stereocenters. The predicted octanol–water partition coefficient (Wildman–Crippen LogP) is 0.902. The second-order valence-corrected chi connectivity index (χ2v) is 11.4. The van der Waals surface area contributed by atoms with Crippen LogP contribution in [0.5, 0.6) is 0 Å². The van der Waals surface area contributed by atoms with Crippen LogP contribution in [-0.4, -0.2) is 58.3 Å². The minimum Gasteiger partial charge on any atom is -0.368 e. The Morgan fingerprint density at radius 2 is 1.76 bits per heavy atom. The third kappa shape index (κ3) is 5.35. The zero-order valence-corrected chi connectivity index (χ0v) is 21.4. The molecule has 5 N–H and O–H groups in total. The summed E-state index contributed by atoms with van der Waals surface area (Å²) >= 11 is 0. The van der Waals surface area contributed by atoms with Gasteiger partial charge in [0.15, 0.2) is 0 Å². The molecule has 1 aliphatic heterocycles. The van der Waals surface area contributed by atoms with Crippen LogP contribution in [-0.2, 0) is 19.2 Å². The molecule has 0 spiro atoms. The number of piperidine rings is 1. The second kappa shape index (κ2) is 9.18. The summed E-state index contributed by atoms with van der Waals surface area (Å²) in [5.41, 5.74) is 4.22. The Morgan fingerprint density at radius 1 is 1.16 bits per heavy atom. The van der Waals surface area contributed by atoms with Gasteiger partial charge in [-0.2, -0.15) is 13.2 Å². The van der Waals surface area contributed by atoms with Gasteiger partial charge in [-0.05, 0) is 40.7 Å². The van der Waals surface area contributed by atoms with E-state index in [2.05, 4.69) is 10.3 Å². The van der Waals surface area contributed by atoms with Crippen LogP contribution in [0.3, 0.4) is 0 Å². The number of nitrogens with one attached hydrogen (secondary N) is 3. The number of nitrogens with two attached hydrogens (primary N) is 1. The highest BCUT2D eigenvalue weighted by molar-refractivity contribution is 5.96. The molecule has 13 heteroatoms. The molecule has 1 saturated carbocycles. The number of aromatic nitrogens is 1. The molecule has 0 bridgehead atoms. The van der Waals surface area contributed by atoms with Gasteiger partial charge in [0.05, 0.1) is 0 Å². The van der Waals surface area contributed by atoms with E-state index in [4.69, 9.17) is 5.73 Å². The predicted molar refractivity (Wildman–Crippen MR) is 126 cm³/mol. The number of aromatic amines is 1. The van der Waals surface area contributed by atoms with Crippen molar-refractivity contribution in [2.45, 2.75) is 65.8 Å². The van der Waals surface area contributed by atoms with Crippen LogP contribution in [0, 0.1) is 29.6 Å². The van der Waals surface area contributed by atoms with Gasteiger partial charge in [-0.25, -0.2) is 0 Å². The number of hydrogen-bond donors (Lipinski definition) is 4. The van der Waals surface area contributed by atoms with E-state index in [0.717, 1.165) is 6.07 Å². The van der Waals surface area contributed by atoms with Gasteiger partial charge in [0, 0.05) is 18.8 Å². The van der Waals surface area contributed by atoms with Crippen molar-refractivity contribution in [2.75, 3.05) is 6.54 Å². The molecule has 3 rings (SSSR count). The molecule has 2 aliphatic rings. The maximum Gasteiger partial charge on any atom is 0.471 e. The molecule has 1 unspecified atom stereocenters. The summed E-state index contributed by atoms with van der Waals surface area (Å²) in [6, 6.07) is -2.94. The van der Waals surface area contributed by atoms with Crippen LogP contribution in [0.25, 0.3) is 0 Å². The Balaban J connectivity index is 1.94. The van der Waals surface area contributed by atoms with Crippen molar-refractivity contribution in [1.29, 1.82) is 0 Å². The summed E-state index contributed by atoms with van der Waals surface area (Å²) in [4.78, 5) is 66.5. The van der Waals surface area contributed by atoms with Crippen molar-refractivity contribution in [2.24, 2.45) is 28.4 Å². The van der Waals surface area contributed by atoms with E-state index < -0.39 is 58.9 Å². The standard InChI is InChI=1S/C24H32F3N5O5/c1-10-8-29-13(33)7-11(10)15(18(28)34)30-19(35)16-14-12(23(14,5)6)9-32(16)20(36)17(22(2,3)4)31-21(37)24(25,26)27/h7-8,12,14-17H,9H2,1-6H3,(H2,28,34)(H,29,33)(H,30,35)(H,31,37)/t12-,14-,15?,16-,17+/m0/s1. The van der Waals surface area contributed by atoms with E-state index in [-0.39, 0.29) is 29.4 Å². The number of hydrogen-bond acceptors (Lipinski definition) is 5. The zero-order valence-electron chi connectivity index (χ0n) is 21.4. The fourth-order valence-electron chi connectivity index (χ4n) is 5.24. The lowest BCUT2D eigenvalue weighted by Crippen LogP contribution is -2.61. The molecule has 1 saturated heterocycles. The number of carbonyl (C=O) groups is 4. The zero-order chi connectivity index (χ0) is 28.2. The molecule has 10 nitrogen and oxygen atoms in total. The summed E-state index contributed by atoms with van der Waals surface area (Å²) in [7, 11) is 0. The van der Waals surface area contributed by atoms with Crippen LogP contribution < -0.4 is 21.9 Å². The number of carbonyl (C=O) groups excluding carboxylic acids is 4. The van der Waals surface area contributed by atoms with Crippen molar-refractivity contribution in [3.05, 3.63) is 33.7 Å². The number of amides is 4. The minimum absolute atomic E-state index is 0.0916. The van der Waals surface area contributed by atoms with Crippen molar-refractivity contribution in [1.82, 2.24) is 20.5 Å². The molecule has 2 fully saturated rings. The first kappa shape index (κ1) is 28.2. The number of fused-ring (bicyclic) bond motifs is 1. The van der Waals surface area contributed by atoms with E-state index in [9.17, 15) is 37.1 Å². The van der Waals surface area contributed by atoms with Gasteiger partial charge in [0.1, 0.15) is 18.1 Å². The number of aryl methyl sites for hydroxylation is 1. The van der Waals surface area contributed by atoms with Crippen molar-refractivity contribution in [3.8, 4) is 0 Å². The molecular weight excluding hydrogens is 495 g/mol. The molecular formula is C24H32F3N5O5. The van der Waals surface area contributed by atoms with Gasteiger partial charge in [-0.1, -0.05) is 34.6 Å². The third-order valence-electron chi connectivity index (χ3n) is 7.46. The van der Waals surface area contributed by atoms with Gasteiger partial charge >= 0.3 is 12.1 Å². The maximum absolute atomic E-state index is 13.6. The van der Waals surface area contributed by atoms with Gasteiger partial charge in [-0.15, -0.1) is 0 Å². The molecule has 37 heavy (non-hydrogen) atoms. The first-order valence-corrected chi connectivity index (χ1v) is 11.8. The Bertz CT molecular complexity index is 1190. The van der Waals surface area contributed by atoms with Crippen molar-refractivity contribution < 1.29 is 32.3 Å². The molecule has 2 heterocycles. The number of pyridine rings is 1. The number of halogens is 3. The first-order chi connectivity index (χ1) is 16.8. The van der Waals surface area contributed by atoms with Crippen LogP contribution in [0.15, 0.2) is 17.1 Å².